The molecule has 1 heterocycles. The summed E-state index contributed by atoms with van der Waals surface area (Å²) in [6.07, 6.45) is 1.48. The summed E-state index contributed by atoms with van der Waals surface area (Å²) in [4.78, 5) is 15.6. The lowest BCUT2D eigenvalue weighted by Crippen LogP contribution is -2.05. The molecule has 30 heavy (non-hydrogen) atoms. The van der Waals surface area contributed by atoms with Crippen LogP contribution in [0.4, 0.5) is 4.39 Å². The number of benzene rings is 2. The predicted octanol–water partition coefficient (Wildman–Crippen LogP) is 5.14. The number of carbonyl (C=O) groups is 1. The molecule has 0 radical (unpaired) electrons. The van der Waals surface area contributed by atoms with E-state index in [9.17, 15) is 14.3 Å². The molecule has 7 heteroatoms. The van der Waals surface area contributed by atoms with E-state index < -0.39 is 11.8 Å². The number of halogens is 1. The van der Waals surface area contributed by atoms with Gasteiger partial charge >= 0.3 is 5.97 Å². The number of aromatic nitrogens is 1. The normalized spacial score (nSPS) is 11.4. The maximum Gasteiger partial charge on any atom is 0.371 e. The number of nitrogens with zero attached hydrogens (tertiary/aromatic N) is 1. The van der Waals surface area contributed by atoms with Crippen molar-refractivity contribution in [3.63, 3.8) is 0 Å². The quantitative estimate of drug-likeness (QED) is 0.408. The molecule has 156 valence electrons. The van der Waals surface area contributed by atoms with Gasteiger partial charge in [-0.2, -0.15) is 0 Å². The van der Waals surface area contributed by atoms with Gasteiger partial charge in [-0.3, -0.25) is 0 Å². The topological polar surface area (TPSA) is 81.8 Å². The lowest BCUT2D eigenvalue weighted by atomic mass is 10.1. The number of aryl methyl sites for hydroxylation is 2. The van der Waals surface area contributed by atoms with E-state index in [1.165, 1.54) is 12.1 Å². The Labute approximate surface area is 173 Å². The van der Waals surface area contributed by atoms with Gasteiger partial charge in [-0.25, -0.2) is 14.2 Å². The van der Waals surface area contributed by atoms with Crippen LogP contribution in [0.15, 0.2) is 52.6 Å². The maximum absolute atomic E-state index is 14.0. The van der Waals surface area contributed by atoms with Crippen LogP contribution in [0.2, 0.25) is 0 Å². The molecule has 0 atom stereocenters. The highest BCUT2D eigenvalue weighted by Gasteiger charge is 2.15. The first-order valence-corrected chi connectivity index (χ1v) is 9.41. The molecule has 0 spiro atoms. The van der Waals surface area contributed by atoms with Gasteiger partial charge in [-0.15, -0.1) is 0 Å². The second-order valence-electron chi connectivity index (χ2n) is 6.56. The summed E-state index contributed by atoms with van der Waals surface area (Å²) in [7, 11) is 0. The number of hydrogen-bond acceptors (Lipinski definition) is 5. The minimum Gasteiger partial charge on any atom is -0.487 e. The Hall–Kier alpha value is -3.61. The lowest BCUT2D eigenvalue weighted by molar-refractivity contribution is -0.136. The van der Waals surface area contributed by atoms with Gasteiger partial charge in [-0.1, -0.05) is 18.2 Å². The molecule has 0 amide bonds. The largest absolute Gasteiger partial charge is 0.487 e. The molecule has 0 unspecified atom stereocenters. The Bertz CT molecular complexity index is 1090. The van der Waals surface area contributed by atoms with Crippen molar-refractivity contribution in [2.45, 2.75) is 27.4 Å². The third kappa shape index (κ3) is 4.86. The van der Waals surface area contributed by atoms with E-state index in [4.69, 9.17) is 13.9 Å². The van der Waals surface area contributed by atoms with Crippen LogP contribution in [-0.4, -0.2) is 22.7 Å². The van der Waals surface area contributed by atoms with E-state index in [1.807, 2.05) is 6.92 Å². The summed E-state index contributed by atoms with van der Waals surface area (Å²) in [6, 6.07) is 11.6. The molecule has 0 aliphatic rings. The highest BCUT2D eigenvalue weighted by molar-refractivity contribution is 5.90. The van der Waals surface area contributed by atoms with Crippen LogP contribution in [0.5, 0.6) is 5.75 Å². The van der Waals surface area contributed by atoms with Crippen molar-refractivity contribution in [2.24, 2.45) is 0 Å². The van der Waals surface area contributed by atoms with Gasteiger partial charge in [0.25, 0.3) is 0 Å². The Kier molecular flexibility index (Phi) is 6.51. The van der Waals surface area contributed by atoms with E-state index >= 15 is 0 Å². The Morgan fingerprint density at radius 2 is 2.00 bits per heavy atom. The number of aliphatic carboxylic acids is 1. The summed E-state index contributed by atoms with van der Waals surface area (Å²) in [6.45, 7) is 5.74. The van der Waals surface area contributed by atoms with E-state index in [0.29, 0.717) is 28.3 Å². The van der Waals surface area contributed by atoms with Gasteiger partial charge in [0.1, 0.15) is 29.6 Å². The lowest BCUT2D eigenvalue weighted by Gasteiger charge is -2.09. The van der Waals surface area contributed by atoms with Crippen molar-refractivity contribution in [2.75, 3.05) is 6.61 Å². The number of rotatable bonds is 8. The highest BCUT2D eigenvalue weighted by Crippen LogP contribution is 2.26. The molecular weight excluding hydrogens is 389 g/mol. The molecule has 1 aromatic heterocycles. The molecular formula is C23H22FNO5. The molecule has 0 aliphatic carbocycles. The van der Waals surface area contributed by atoms with Crippen LogP contribution in [0.25, 0.3) is 17.5 Å². The van der Waals surface area contributed by atoms with Gasteiger partial charge in [0.15, 0.2) is 0 Å². The van der Waals surface area contributed by atoms with E-state index in [-0.39, 0.29) is 24.9 Å². The second-order valence-corrected chi connectivity index (χ2v) is 6.56. The highest BCUT2D eigenvalue weighted by atomic mass is 19.1. The molecule has 0 saturated heterocycles. The van der Waals surface area contributed by atoms with Crippen molar-refractivity contribution < 1.29 is 28.2 Å². The number of oxazole rings is 1. The van der Waals surface area contributed by atoms with Gasteiger partial charge in [-0.05, 0) is 62.2 Å². The Balaban J connectivity index is 1.74. The molecule has 2 aromatic carbocycles. The summed E-state index contributed by atoms with van der Waals surface area (Å²) < 4.78 is 30.5. The van der Waals surface area contributed by atoms with Gasteiger partial charge in [0.05, 0.1) is 12.2 Å². The van der Waals surface area contributed by atoms with Crippen LogP contribution >= 0.6 is 0 Å². The number of hydrogen-bond donors (Lipinski definition) is 1. The minimum atomic E-state index is -1.12. The molecule has 3 rings (SSSR count). The first-order chi connectivity index (χ1) is 14.4. The first-order valence-electron chi connectivity index (χ1n) is 9.41. The SMILES string of the molecule is CCO/C(=C/c1ccc(OCc2nc(-c3ccccc3F)oc2C)cc1C)C(=O)O. The van der Waals surface area contributed by atoms with Crippen molar-refractivity contribution in [1.82, 2.24) is 4.98 Å². The van der Waals surface area contributed by atoms with E-state index in [2.05, 4.69) is 4.98 Å². The standard InChI is InChI=1S/C23H22FNO5/c1-4-28-21(23(26)27)12-16-9-10-17(11-14(16)2)29-13-20-15(3)30-22(25-20)18-7-5-6-8-19(18)24/h5-12H,4,13H2,1-3H3,(H,26,27)/b21-12+. The molecule has 0 aliphatic heterocycles. The smallest absolute Gasteiger partial charge is 0.371 e. The average molecular weight is 411 g/mol. The van der Waals surface area contributed by atoms with Gasteiger partial charge in [0, 0.05) is 0 Å². The third-order valence-corrected chi connectivity index (χ3v) is 4.41. The second kappa shape index (κ2) is 9.26. The Morgan fingerprint density at radius 1 is 1.23 bits per heavy atom. The zero-order valence-corrected chi connectivity index (χ0v) is 16.9. The fraction of sp³-hybridized carbons (Fsp3) is 0.217. The number of carboxylic acid groups (broad SMARTS) is 1. The summed E-state index contributed by atoms with van der Waals surface area (Å²) in [5.74, 6) is -0.298. The molecule has 0 bridgehead atoms. The van der Waals surface area contributed by atoms with Crippen LogP contribution in [0.1, 0.15) is 29.5 Å². The van der Waals surface area contributed by atoms with Crippen LogP contribution < -0.4 is 4.74 Å². The molecule has 3 aromatic rings. The fourth-order valence-electron chi connectivity index (χ4n) is 2.83. The first kappa shape index (κ1) is 21.1. The molecule has 0 saturated carbocycles. The van der Waals surface area contributed by atoms with Gasteiger partial charge in [0.2, 0.25) is 11.6 Å². The third-order valence-electron chi connectivity index (χ3n) is 4.41. The average Bonchev–Trinajstić information content (AvgIpc) is 3.08. The van der Waals surface area contributed by atoms with Crippen LogP contribution in [0.3, 0.4) is 0 Å². The molecule has 0 fully saturated rings. The van der Waals surface area contributed by atoms with Crippen molar-refractivity contribution in [3.8, 4) is 17.2 Å². The molecule has 6 nitrogen and oxygen atoms in total. The van der Waals surface area contributed by atoms with Crippen molar-refractivity contribution in [1.29, 1.82) is 0 Å². The monoisotopic (exact) mass is 411 g/mol. The zero-order chi connectivity index (χ0) is 21.7. The minimum absolute atomic E-state index is 0.117. The summed E-state index contributed by atoms with van der Waals surface area (Å²) in [5, 5.41) is 9.19. The Morgan fingerprint density at radius 3 is 2.67 bits per heavy atom. The maximum atomic E-state index is 14.0. The molecule has 1 N–H and O–H groups in total. The van der Waals surface area contributed by atoms with Crippen molar-refractivity contribution >= 4 is 12.0 Å². The van der Waals surface area contributed by atoms with Crippen molar-refractivity contribution in [3.05, 3.63) is 76.6 Å². The van der Waals surface area contributed by atoms with Crippen LogP contribution in [-0.2, 0) is 16.1 Å². The van der Waals surface area contributed by atoms with Crippen LogP contribution in [0, 0.1) is 19.7 Å². The summed E-state index contributed by atoms with van der Waals surface area (Å²) in [5.41, 5.74) is 2.41. The van der Waals surface area contributed by atoms with E-state index in [0.717, 1.165) is 5.56 Å². The fourth-order valence-corrected chi connectivity index (χ4v) is 2.83. The zero-order valence-electron chi connectivity index (χ0n) is 16.9. The number of ether oxygens (including phenoxy) is 2. The summed E-state index contributed by atoms with van der Waals surface area (Å²) >= 11 is 0. The number of carboxylic acids is 1. The predicted molar refractivity (Wildman–Crippen MR) is 109 cm³/mol. The van der Waals surface area contributed by atoms with Gasteiger partial charge < -0.3 is 19.0 Å². The van der Waals surface area contributed by atoms with E-state index in [1.54, 1.807) is 50.2 Å².